The summed E-state index contributed by atoms with van der Waals surface area (Å²) in [5, 5.41) is 0. The lowest BCUT2D eigenvalue weighted by atomic mass is 9.77. The number of rotatable bonds is 4. The number of esters is 1. The Kier molecular flexibility index (Phi) is 2.43. The van der Waals surface area contributed by atoms with Gasteiger partial charge < -0.3 is 15.5 Å². The number of aromatic amines is 1. The minimum atomic E-state index is -0.352. The van der Waals surface area contributed by atoms with Crippen molar-refractivity contribution in [3.63, 3.8) is 0 Å². The Hall–Kier alpha value is -1.36. The number of imidazole rings is 1. The van der Waals surface area contributed by atoms with Gasteiger partial charge in [-0.2, -0.15) is 0 Å². The summed E-state index contributed by atoms with van der Waals surface area (Å²) in [5.41, 5.74) is 6.19. The van der Waals surface area contributed by atoms with Gasteiger partial charge >= 0.3 is 5.97 Å². The van der Waals surface area contributed by atoms with E-state index in [2.05, 4.69) is 9.97 Å². The highest BCUT2D eigenvalue weighted by Crippen LogP contribution is 2.36. The van der Waals surface area contributed by atoms with E-state index in [1.54, 1.807) is 0 Å². The second-order valence-corrected chi connectivity index (χ2v) is 5.20. The maximum absolute atomic E-state index is 11.7. The Morgan fingerprint density at radius 2 is 2.35 bits per heavy atom. The van der Waals surface area contributed by atoms with E-state index in [0.29, 0.717) is 24.0 Å². The molecule has 5 nitrogen and oxygen atoms in total. The van der Waals surface area contributed by atoms with Crippen molar-refractivity contribution in [2.75, 3.05) is 6.61 Å². The van der Waals surface area contributed by atoms with Gasteiger partial charge in [-0.05, 0) is 38.0 Å². The Morgan fingerprint density at radius 1 is 1.59 bits per heavy atom. The Balaban J connectivity index is 1.64. The molecular formula is C12H17N3O2. The largest absolute Gasteiger partial charge is 0.461 e. The summed E-state index contributed by atoms with van der Waals surface area (Å²) < 4.78 is 5.18. The molecule has 5 heteroatoms. The summed E-state index contributed by atoms with van der Waals surface area (Å²) in [4.78, 5) is 18.9. The van der Waals surface area contributed by atoms with Crippen molar-refractivity contribution < 1.29 is 9.53 Å². The van der Waals surface area contributed by atoms with Crippen molar-refractivity contribution in [3.05, 3.63) is 17.7 Å². The SMILES string of the molecule is NC1(c2ncc(C(=O)OCC3CC3)[nH]2)CCC1. The summed E-state index contributed by atoms with van der Waals surface area (Å²) in [6.45, 7) is 0.529. The summed E-state index contributed by atoms with van der Waals surface area (Å²) >= 11 is 0. The van der Waals surface area contributed by atoms with E-state index in [4.69, 9.17) is 10.5 Å². The molecule has 17 heavy (non-hydrogen) atoms. The van der Waals surface area contributed by atoms with Gasteiger partial charge in [0.1, 0.15) is 11.5 Å². The Bertz CT molecular complexity index is 433. The molecule has 2 aliphatic rings. The first-order valence-electron chi connectivity index (χ1n) is 6.19. The summed E-state index contributed by atoms with van der Waals surface area (Å²) in [7, 11) is 0. The molecule has 0 spiro atoms. The lowest BCUT2D eigenvalue weighted by molar-refractivity contribution is 0.0479. The van der Waals surface area contributed by atoms with E-state index in [1.165, 1.54) is 19.0 Å². The van der Waals surface area contributed by atoms with Crippen LogP contribution in [0.25, 0.3) is 0 Å². The number of aromatic nitrogens is 2. The maximum Gasteiger partial charge on any atom is 0.356 e. The zero-order valence-electron chi connectivity index (χ0n) is 9.74. The highest BCUT2D eigenvalue weighted by molar-refractivity contribution is 5.87. The van der Waals surface area contributed by atoms with Gasteiger partial charge in [-0.3, -0.25) is 0 Å². The second kappa shape index (κ2) is 3.84. The second-order valence-electron chi connectivity index (χ2n) is 5.20. The van der Waals surface area contributed by atoms with Crippen molar-refractivity contribution in [3.8, 4) is 0 Å². The van der Waals surface area contributed by atoms with Crippen molar-refractivity contribution in [1.82, 2.24) is 9.97 Å². The standard InChI is InChI=1S/C12H17N3O2/c13-12(4-1-5-12)11-14-6-9(15-11)10(16)17-7-8-2-3-8/h6,8H,1-5,7,13H2,(H,14,15). The Labute approximate surface area is 99.7 Å². The van der Waals surface area contributed by atoms with E-state index >= 15 is 0 Å². The van der Waals surface area contributed by atoms with E-state index in [1.807, 2.05) is 0 Å². The molecule has 2 saturated carbocycles. The first-order valence-corrected chi connectivity index (χ1v) is 6.19. The van der Waals surface area contributed by atoms with Crippen LogP contribution in [-0.4, -0.2) is 22.5 Å². The first-order chi connectivity index (χ1) is 8.17. The molecule has 0 saturated heterocycles. The molecule has 0 bridgehead atoms. The molecule has 0 unspecified atom stereocenters. The van der Waals surface area contributed by atoms with E-state index in [0.717, 1.165) is 19.3 Å². The number of ether oxygens (including phenoxy) is 1. The van der Waals surface area contributed by atoms with Crippen LogP contribution in [0.5, 0.6) is 0 Å². The van der Waals surface area contributed by atoms with Gasteiger partial charge in [-0.25, -0.2) is 9.78 Å². The molecule has 0 aromatic carbocycles. The average molecular weight is 235 g/mol. The number of nitrogens with zero attached hydrogens (tertiary/aromatic N) is 1. The molecule has 1 aromatic rings. The van der Waals surface area contributed by atoms with Crippen LogP contribution in [0.4, 0.5) is 0 Å². The molecule has 92 valence electrons. The number of H-pyrrole nitrogens is 1. The first kappa shape index (κ1) is 10.8. The van der Waals surface area contributed by atoms with Crippen LogP contribution in [0, 0.1) is 5.92 Å². The molecule has 1 heterocycles. The number of hydrogen-bond donors (Lipinski definition) is 2. The topological polar surface area (TPSA) is 81.0 Å². The smallest absolute Gasteiger partial charge is 0.356 e. The highest BCUT2D eigenvalue weighted by Gasteiger charge is 2.37. The zero-order valence-corrected chi connectivity index (χ0v) is 9.74. The fraction of sp³-hybridized carbons (Fsp3) is 0.667. The molecule has 2 aliphatic carbocycles. The zero-order chi connectivity index (χ0) is 11.9. The summed E-state index contributed by atoms with van der Waals surface area (Å²) in [6, 6.07) is 0. The molecule has 0 atom stereocenters. The van der Waals surface area contributed by atoms with E-state index < -0.39 is 0 Å². The van der Waals surface area contributed by atoms with E-state index in [-0.39, 0.29) is 11.5 Å². The van der Waals surface area contributed by atoms with Crippen LogP contribution in [-0.2, 0) is 10.3 Å². The predicted octanol–water partition coefficient (Wildman–Crippen LogP) is 1.31. The Morgan fingerprint density at radius 3 is 2.94 bits per heavy atom. The third-order valence-corrected chi connectivity index (χ3v) is 3.66. The monoisotopic (exact) mass is 235 g/mol. The molecule has 0 amide bonds. The van der Waals surface area contributed by atoms with Crippen LogP contribution < -0.4 is 5.73 Å². The maximum atomic E-state index is 11.7. The van der Waals surface area contributed by atoms with Crippen LogP contribution >= 0.6 is 0 Å². The number of hydrogen-bond acceptors (Lipinski definition) is 4. The van der Waals surface area contributed by atoms with Crippen molar-refractivity contribution in [1.29, 1.82) is 0 Å². The van der Waals surface area contributed by atoms with Gasteiger partial charge in [-0.1, -0.05) is 0 Å². The van der Waals surface area contributed by atoms with Crippen LogP contribution in [0.2, 0.25) is 0 Å². The highest BCUT2D eigenvalue weighted by atomic mass is 16.5. The summed E-state index contributed by atoms with van der Waals surface area (Å²) in [5.74, 6) is 0.967. The normalized spacial score (nSPS) is 21.9. The molecule has 2 fully saturated rings. The van der Waals surface area contributed by atoms with Crippen molar-refractivity contribution in [2.24, 2.45) is 11.7 Å². The minimum absolute atomic E-state index is 0.321. The van der Waals surface area contributed by atoms with Gasteiger partial charge in [0.05, 0.1) is 18.3 Å². The number of carbonyl (C=O) groups excluding carboxylic acids is 1. The van der Waals surface area contributed by atoms with Gasteiger partial charge in [0.15, 0.2) is 0 Å². The summed E-state index contributed by atoms with van der Waals surface area (Å²) in [6.07, 6.45) is 6.85. The minimum Gasteiger partial charge on any atom is -0.461 e. The van der Waals surface area contributed by atoms with Crippen LogP contribution in [0.1, 0.15) is 48.4 Å². The van der Waals surface area contributed by atoms with Crippen molar-refractivity contribution in [2.45, 2.75) is 37.6 Å². The quantitative estimate of drug-likeness (QED) is 0.771. The lowest BCUT2D eigenvalue weighted by Crippen LogP contribution is -2.44. The van der Waals surface area contributed by atoms with Gasteiger partial charge in [0.25, 0.3) is 0 Å². The van der Waals surface area contributed by atoms with Crippen LogP contribution in [0.3, 0.4) is 0 Å². The fourth-order valence-electron chi connectivity index (χ4n) is 2.03. The van der Waals surface area contributed by atoms with Gasteiger partial charge in [0.2, 0.25) is 0 Å². The number of carbonyl (C=O) groups is 1. The average Bonchev–Trinajstić information content (AvgIpc) is 2.97. The van der Waals surface area contributed by atoms with Crippen LogP contribution in [0.15, 0.2) is 6.20 Å². The van der Waals surface area contributed by atoms with Gasteiger partial charge in [0, 0.05) is 0 Å². The fourth-order valence-corrected chi connectivity index (χ4v) is 2.03. The molecule has 3 N–H and O–H groups in total. The molecule has 3 rings (SSSR count). The molecule has 0 radical (unpaired) electrons. The third-order valence-electron chi connectivity index (χ3n) is 3.66. The molecule has 1 aromatic heterocycles. The third kappa shape index (κ3) is 2.07. The molecule has 0 aliphatic heterocycles. The predicted molar refractivity (Wildman–Crippen MR) is 61.3 cm³/mol. The van der Waals surface area contributed by atoms with Gasteiger partial charge in [-0.15, -0.1) is 0 Å². The molecular weight excluding hydrogens is 218 g/mol. The number of nitrogens with two attached hydrogens (primary N) is 1. The van der Waals surface area contributed by atoms with Crippen molar-refractivity contribution >= 4 is 5.97 Å². The van der Waals surface area contributed by atoms with E-state index in [9.17, 15) is 4.79 Å². The lowest BCUT2D eigenvalue weighted by Gasteiger charge is -2.35. The number of nitrogens with one attached hydrogen (secondary N) is 1.